The number of aromatic nitrogens is 2. The molecule has 0 aliphatic heterocycles. The second-order valence-corrected chi connectivity index (χ2v) is 4.65. The summed E-state index contributed by atoms with van der Waals surface area (Å²) in [6, 6.07) is 0.137. The molecule has 3 N–H and O–H groups in total. The van der Waals surface area contributed by atoms with E-state index in [1.54, 1.807) is 7.11 Å². The molecular weight excluding hydrogens is 216 g/mol. The topological polar surface area (TPSA) is 65.1 Å². The van der Waals surface area contributed by atoms with Crippen molar-refractivity contribution in [1.82, 2.24) is 15.2 Å². The standard InChI is InChI=1S/C12H24N4O/c1-5-12(2,17-4)11(15-13)7-6-10-8-14-16(3)9-10/h8-9,11,15H,5-7,13H2,1-4H3. The molecule has 17 heavy (non-hydrogen) atoms. The van der Waals surface area contributed by atoms with Gasteiger partial charge >= 0.3 is 0 Å². The van der Waals surface area contributed by atoms with Crippen LogP contribution in [0.25, 0.3) is 0 Å². The Morgan fingerprint density at radius 2 is 2.35 bits per heavy atom. The Morgan fingerprint density at radius 3 is 2.76 bits per heavy atom. The van der Waals surface area contributed by atoms with E-state index in [4.69, 9.17) is 10.6 Å². The minimum absolute atomic E-state index is 0.137. The first-order chi connectivity index (χ1) is 8.05. The van der Waals surface area contributed by atoms with Gasteiger partial charge in [-0.1, -0.05) is 6.92 Å². The van der Waals surface area contributed by atoms with E-state index in [0.717, 1.165) is 19.3 Å². The van der Waals surface area contributed by atoms with Gasteiger partial charge in [-0.2, -0.15) is 5.10 Å². The van der Waals surface area contributed by atoms with Crippen LogP contribution in [-0.4, -0.2) is 28.5 Å². The van der Waals surface area contributed by atoms with Crippen molar-refractivity contribution < 1.29 is 4.74 Å². The number of nitrogens with one attached hydrogen (secondary N) is 1. The maximum atomic E-state index is 5.63. The molecule has 0 bridgehead atoms. The molecule has 0 aromatic carbocycles. The molecular formula is C12H24N4O. The van der Waals surface area contributed by atoms with Crippen molar-refractivity contribution in [3.05, 3.63) is 18.0 Å². The Morgan fingerprint density at radius 1 is 1.65 bits per heavy atom. The molecule has 0 radical (unpaired) electrons. The number of rotatable bonds is 7. The minimum atomic E-state index is -0.225. The van der Waals surface area contributed by atoms with E-state index in [0.29, 0.717) is 0 Å². The lowest BCUT2D eigenvalue weighted by Gasteiger charge is -2.35. The zero-order chi connectivity index (χ0) is 12.9. The fourth-order valence-corrected chi connectivity index (χ4v) is 2.01. The smallest absolute Gasteiger partial charge is 0.0813 e. The first-order valence-corrected chi connectivity index (χ1v) is 6.04. The van der Waals surface area contributed by atoms with Crippen molar-refractivity contribution in [1.29, 1.82) is 0 Å². The number of hydrazine groups is 1. The third-order valence-electron chi connectivity index (χ3n) is 3.59. The number of methoxy groups -OCH3 is 1. The molecule has 0 saturated heterocycles. The van der Waals surface area contributed by atoms with Crippen LogP contribution < -0.4 is 11.3 Å². The molecule has 5 nitrogen and oxygen atoms in total. The average Bonchev–Trinajstić information content (AvgIpc) is 2.75. The van der Waals surface area contributed by atoms with Crippen molar-refractivity contribution in [2.75, 3.05) is 7.11 Å². The van der Waals surface area contributed by atoms with Crippen LogP contribution in [0.2, 0.25) is 0 Å². The lowest BCUT2D eigenvalue weighted by molar-refractivity contribution is -0.0310. The number of aryl methyl sites for hydroxylation is 2. The predicted molar refractivity (Wildman–Crippen MR) is 68.3 cm³/mol. The highest BCUT2D eigenvalue weighted by Gasteiger charge is 2.31. The SMILES string of the molecule is CCC(C)(OC)C(CCc1cnn(C)c1)NN. The van der Waals surface area contributed by atoms with Crippen LogP contribution >= 0.6 is 0 Å². The quantitative estimate of drug-likeness (QED) is 0.551. The number of ether oxygens (including phenoxy) is 1. The molecule has 1 rings (SSSR count). The lowest BCUT2D eigenvalue weighted by atomic mass is 9.89. The number of hydrogen-bond donors (Lipinski definition) is 2. The van der Waals surface area contributed by atoms with Gasteiger partial charge in [0.15, 0.2) is 0 Å². The molecule has 2 unspecified atom stereocenters. The predicted octanol–water partition coefficient (Wildman–Crippen LogP) is 1.000. The molecule has 5 heteroatoms. The van der Waals surface area contributed by atoms with Crippen molar-refractivity contribution in [2.45, 2.75) is 44.8 Å². The van der Waals surface area contributed by atoms with E-state index in [1.807, 2.05) is 24.1 Å². The minimum Gasteiger partial charge on any atom is -0.377 e. The maximum Gasteiger partial charge on any atom is 0.0813 e. The summed E-state index contributed by atoms with van der Waals surface area (Å²) < 4.78 is 7.39. The van der Waals surface area contributed by atoms with Gasteiger partial charge in [-0.15, -0.1) is 0 Å². The zero-order valence-corrected chi connectivity index (χ0v) is 11.2. The molecule has 2 atom stereocenters. The third-order valence-corrected chi connectivity index (χ3v) is 3.59. The highest BCUT2D eigenvalue weighted by Crippen LogP contribution is 2.22. The van der Waals surface area contributed by atoms with Crippen molar-refractivity contribution in [2.24, 2.45) is 12.9 Å². The Hall–Kier alpha value is -0.910. The van der Waals surface area contributed by atoms with E-state index in [2.05, 4.69) is 24.4 Å². The summed E-state index contributed by atoms with van der Waals surface area (Å²) in [6.45, 7) is 4.19. The first kappa shape index (κ1) is 14.2. The van der Waals surface area contributed by atoms with Crippen LogP contribution in [0, 0.1) is 0 Å². The van der Waals surface area contributed by atoms with E-state index in [1.165, 1.54) is 5.56 Å². The average molecular weight is 240 g/mol. The fourth-order valence-electron chi connectivity index (χ4n) is 2.01. The maximum absolute atomic E-state index is 5.63. The monoisotopic (exact) mass is 240 g/mol. The highest BCUT2D eigenvalue weighted by molar-refractivity contribution is 5.05. The molecule has 0 fully saturated rings. The normalized spacial score (nSPS) is 16.8. The summed E-state index contributed by atoms with van der Waals surface area (Å²) in [5, 5.41) is 4.16. The van der Waals surface area contributed by atoms with Gasteiger partial charge in [0.2, 0.25) is 0 Å². The number of nitrogens with zero attached hydrogens (tertiary/aromatic N) is 2. The molecule has 98 valence electrons. The van der Waals surface area contributed by atoms with Crippen LogP contribution in [0.5, 0.6) is 0 Å². The fraction of sp³-hybridized carbons (Fsp3) is 0.750. The Labute approximate surface area is 103 Å². The summed E-state index contributed by atoms with van der Waals surface area (Å²) in [5.74, 6) is 5.63. The van der Waals surface area contributed by atoms with Gasteiger partial charge in [0.1, 0.15) is 0 Å². The summed E-state index contributed by atoms with van der Waals surface area (Å²) in [6.07, 6.45) is 6.72. The van der Waals surface area contributed by atoms with Gasteiger partial charge in [-0.3, -0.25) is 16.0 Å². The third kappa shape index (κ3) is 3.52. The van der Waals surface area contributed by atoms with Crippen LogP contribution in [0.4, 0.5) is 0 Å². The van der Waals surface area contributed by atoms with Gasteiger partial charge < -0.3 is 4.74 Å². The van der Waals surface area contributed by atoms with E-state index < -0.39 is 0 Å². The number of nitrogens with two attached hydrogens (primary N) is 1. The molecule has 0 saturated carbocycles. The lowest BCUT2D eigenvalue weighted by Crippen LogP contribution is -2.52. The van der Waals surface area contributed by atoms with Gasteiger partial charge in [0.25, 0.3) is 0 Å². The largest absolute Gasteiger partial charge is 0.377 e. The molecule has 0 aliphatic carbocycles. The van der Waals surface area contributed by atoms with Crippen LogP contribution in [0.15, 0.2) is 12.4 Å². The van der Waals surface area contributed by atoms with E-state index >= 15 is 0 Å². The molecule has 1 aromatic rings. The van der Waals surface area contributed by atoms with Crippen LogP contribution in [0.1, 0.15) is 32.3 Å². The molecule has 1 aromatic heterocycles. The molecule has 1 heterocycles. The van der Waals surface area contributed by atoms with Crippen molar-refractivity contribution >= 4 is 0 Å². The highest BCUT2D eigenvalue weighted by atomic mass is 16.5. The number of hydrogen-bond acceptors (Lipinski definition) is 4. The molecule has 0 spiro atoms. The zero-order valence-electron chi connectivity index (χ0n) is 11.2. The van der Waals surface area contributed by atoms with Crippen molar-refractivity contribution in [3.63, 3.8) is 0 Å². The summed E-state index contributed by atoms with van der Waals surface area (Å²) in [7, 11) is 3.66. The van der Waals surface area contributed by atoms with Crippen LogP contribution in [0.3, 0.4) is 0 Å². The van der Waals surface area contributed by atoms with E-state index in [9.17, 15) is 0 Å². The molecule has 0 amide bonds. The van der Waals surface area contributed by atoms with E-state index in [-0.39, 0.29) is 11.6 Å². The molecule has 0 aliphatic rings. The van der Waals surface area contributed by atoms with Crippen LogP contribution in [-0.2, 0) is 18.2 Å². The Kier molecular flexibility index (Phi) is 5.11. The summed E-state index contributed by atoms with van der Waals surface area (Å²) in [5.41, 5.74) is 3.87. The van der Waals surface area contributed by atoms with Gasteiger partial charge in [-0.05, 0) is 31.7 Å². The van der Waals surface area contributed by atoms with Gasteiger partial charge in [-0.25, -0.2) is 0 Å². The second-order valence-electron chi connectivity index (χ2n) is 4.65. The Bertz CT molecular complexity index is 333. The van der Waals surface area contributed by atoms with Gasteiger partial charge in [0.05, 0.1) is 17.8 Å². The second kappa shape index (κ2) is 6.14. The van der Waals surface area contributed by atoms with Crippen molar-refractivity contribution in [3.8, 4) is 0 Å². The van der Waals surface area contributed by atoms with Gasteiger partial charge in [0, 0.05) is 20.4 Å². The summed E-state index contributed by atoms with van der Waals surface area (Å²) >= 11 is 0. The summed E-state index contributed by atoms with van der Waals surface area (Å²) in [4.78, 5) is 0. The Balaban J connectivity index is 2.58. The first-order valence-electron chi connectivity index (χ1n) is 6.04.